The van der Waals surface area contributed by atoms with Gasteiger partial charge in [0, 0.05) is 48.5 Å². The summed E-state index contributed by atoms with van der Waals surface area (Å²) in [6, 6.07) is 11.5. The maximum atomic E-state index is 12.7. The first-order valence-corrected chi connectivity index (χ1v) is 10.1. The standard InChI is InChI=1S/C22H20F3N3O3/c23-22(24,25)21(29)31-20-19(13-6-9-28(20)10-7-13)30-18-4-2-16(12-27-18)14-1-3-17-15(11-14)5-8-26-17/h1-5,8,11-13,19-20,26H,6-7,9-10H2/t19-,20?/m1/s1. The summed E-state index contributed by atoms with van der Waals surface area (Å²) in [6.45, 7) is 1.16. The molecular weight excluding hydrogens is 411 g/mol. The summed E-state index contributed by atoms with van der Waals surface area (Å²) in [4.78, 5) is 20.7. The average Bonchev–Trinajstić information content (AvgIpc) is 3.24. The fourth-order valence-electron chi connectivity index (χ4n) is 4.41. The van der Waals surface area contributed by atoms with Crippen LogP contribution in [0.2, 0.25) is 0 Å². The second-order valence-electron chi connectivity index (χ2n) is 7.91. The number of alkyl halides is 3. The lowest BCUT2D eigenvalue weighted by molar-refractivity contribution is -0.233. The number of ether oxygens (including phenoxy) is 2. The highest BCUT2D eigenvalue weighted by Crippen LogP contribution is 2.36. The lowest BCUT2D eigenvalue weighted by atomic mass is 9.84. The zero-order valence-corrected chi connectivity index (χ0v) is 16.4. The number of nitrogens with zero attached hydrogens (tertiary/aromatic N) is 2. The zero-order chi connectivity index (χ0) is 21.6. The van der Waals surface area contributed by atoms with Crippen LogP contribution in [-0.4, -0.2) is 52.4 Å². The number of hydrogen-bond acceptors (Lipinski definition) is 5. The molecule has 3 saturated heterocycles. The number of carbonyl (C=O) groups excluding carboxylic acids is 1. The van der Waals surface area contributed by atoms with Gasteiger partial charge in [-0.05, 0) is 48.1 Å². The smallest absolute Gasteiger partial charge is 0.469 e. The molecule has 0 spiro atoms. The van der Waals surface area contributed by atoms with Gasteiger partial charge in [-0.1, -0.05) is 6.07 Å². The molecule has 2 bridgehead atoms. The average molecular weight is 431 g/mol. The van der Waals surface area contributed by atoms with Gasteiger partial charge in [0.25, 0.3) is 0 Å². The number of hydrogen-bond donors (Lipinski definition) is 1. The lowest BCUT2D eigenvalue weighted by Crippen LogP contribution is -2.61. The second-order valence-corrected chi connectivity index (χ2v) is 7.91. The Kier molecular flexibility index (Phi) is 4.85. The topological polar surface area (TPSA) is 67.5 Å². The molecular formula is C22H20F3N3O3. The molecule has 1 N–H and O–H groups in total. The number of esters is 1. The highest BCUT2D eigenvalue weighted by Gasteiger charge is 2.50. The van der Waals surface area contributed by atoms with Crippen LogP contribution in [0.15, 0.2) is 48.8 Å². The molecule has 0 aliphatic carbocycles. The Bertz CT molecular complexity index is 1090. The van der Waals surface area contributed by atoms with E-state index in [0.717, 1.165) is 34.9 Å². The van der Waals surface area contributed by atoms with Gasteiger partial charge in [-0.15, -0.1) is 0 Å². The fraction of sp³-hybridized carbons (Fsp3) is 0.364. The Morgan fingerprint density at radius 1 is 1.10 bits per heavy atom. The van der Waals surface area contributed by atoms with E-state index in [-0.39, 0.29) is 5.92 Å². The number of piperidine rings is 3. The van der Waals surface area contributed by atoms with Crippen LogP contribution in [-0.2, 0) is 9.53 Å². The highest BCUT2D eigenvalue weighted by atomic mass is 19.4. The fourth-order valence-corrected chi connectivity index (χ4v) is 4.41. The summed E-state index contributed by atoms with van der Waals surface area (Å²) in [7, 11) is 0. The van der Waals surface area contributed by atoms with E-state index < -0.39 is 24.5 Å². The van der Waals surface area contributed by atoms with Gasteiger partial charge in [0.05, 0.1) is 0 Å². The Morgan fingerprint density at radius 3 is 2.58 bits per heavy atom. The maximum absolute atomic E-state index is 12.7. The first kappa shape index (κ1) is 19.9. The van der Waals surface area contributed by atoms with E-state index in [1.54, 1.807) is 17.2 Å². The number of fused-ring (bicyclic) bond motifs is 4. The van der Waals surface area contributed by atoms with E-state index in [1.807, 2.05) is 36.5 Å². The van der Waals surface area contributed by atoms with E-state index in [2.05, 4.69) is 9.97 Å². The highest BCUT2D eigenvalue weighted by molar-refractivity contribution is 5.84. The number of carbonyl (C=O) groups is 1. The molecule has 9 heteroatoms. The summed E-state index contributed by atoms with van der Waals surface area (Å²) in [6.07, 6.45) is -1.70. The molecule has 6 rings (SSSR count). The molecule has 1 aromatic carbocycles. The normalized spacial score (nSPS) is 25.5. The SMILES string of the molecule is O=C(OC1[C@H](Oc2ccc(-c3ccc4[nH]ccc4c3)cn2)C2CCN1CC2)C(F)(F)F. The molecule has 2 atom stereocenters. The minimum absolute atomic E-state index is 0.00788. The molecule has 0 radical (unpaired) electrons. The zero-order valence-electron chi connectivity index (χ0n) is 16.4. The van der Waals surface area contributed by atoms with Crippen molar-refractivity contribution in [3.63, 3.8) is 0 Å². The predicted molar refractivity (Wildman–Crippen MR) is 106 cm³/mol. The van der Waals surface area contributed by atoms with Gasteiger partial charge in [-0.25, -0.2) is 9.78 Å². The summed E-state index contributed by atoms with van der Waals surface area (Å²) >= 11 is 0. The van der Waals surface area contributed by atoms with Crippen LogP contribution < -0.4 is 4.74 Å². The van der Waals surface area contributed by atoms with Crippen molar-refractivity contribution in [2.45, 2.75) is 31.3 Å². The van der Waals surface area contributed by atoms with E-state index >= 15 is 0 Å². The van der Waals surface area contributed by atoms with Crippen molar-refractivity contribution in [3.05, 3.63) is 48.8 Å². The van der Waals surface area contributed by atoms with Crippen molar-refractivity contribution >= 4 is 16.9 Å². The van der Waals surface area contributed by atoms with E-state index in [4.69, 9.17) is 9.47 Å². The lowest BCUT2D eigenvalue weighted by Gasteiger charge is -2.49. The monoisotopic (exact) mass is 431 g/mol. The van der Waals surface area contributed by atoms with Gasteiger partial charge in [0.2, 0.25) is 5.88 Å². The van der Waals surface area contributed by atoms with Gasteiger partial charge in [0.1, 0.15) is 0 Å². The molecule has 3 fully saturated rings. The summed E-state index contributed by atoms with van der Waals surface area (Å²) in [5.74, 6) is -1.89. The third-order valence-corrected chi connectivity index (χ3v) is 6.02. The molecule has 2 aromatic heterocycles. The number of aromatic nitrogens is 2. The number of halogens is 3. The predicted octanol–water partition coefficient (Wildman–Crippen LogP) is 4.13. The molecule has 5 heterocycles. The number of H-pyrrole nitrogens is 1. The molecule has 162 valence electrons. The van der Waals surface area contributed by atoms with Crippen LogP contribution in [0, 0.1) is 5.92 Å². The third kappa shape index (κ3) is 3.85. The number of aromatic amines is 1. The molecule has 0 saturated carbocycles. The quantitative estimate of drug-likeness (QED) is 0.629. The number of benzene rings is 1. The Hall–Kier alpha value is -3.07. The van der Waals surface area contributed by atoms with Crippen LogP contribution in [0.4, 0.5) is 13.2 Å². The van der Waals surface area contributed by atoms with Crippen molar-refractivity contribution in [2.75, 3.05) is 13.1 Å². The first-order chi connectivity index (χ1) is 14.9. The first-order valence-electron chi connectivity index (χ1n) is 10.1. The molecule has 31 heavy (non-hydrogen) atoms. The minimum Gasteiger partial charge on any atom is -0.469 e. The molecule has 0 amide bonds. The third-order valence-electron chi connectivity index (χ3n) is 6.02. The summed E-state index contributed by atoms with van der Waals surface area (Å²) in [5.41, 5.74) is 2.92. The number of nitrogens with one attached hydrogen (secondary N) is 1. The van der Waals surface area contributed by atoms with Crippen molar-refractivity contribution in [2.24, 2.45) is 5.92 Å². The summed E-state index contributed by atoms with van der Waals surface area (Å²) in [5, 5.41) is 1.08. The van der Waals surface area contributed by atoms with E-state index in [9.17, 15) is 18.0 Å². The molecule has 3 aliphatic rings. The van der Waals surface area contributed by atoms with Gasteiger partial charge >= 0.3 is 12.1 Å². The molecule has 6 nitrogen and oxygen atoms in total. The van der Waals surface area contributed by atoms with Crippen LogP contribution in [0.3, 0.4) is 0 Å². The van der Waals surface area contributed by atoms with Crippen LogP contribution >= 0.6 is 0 Å². The van der Waals surface area contributed by atoms with E-state index in [0.29, 0.717) is 19.0 Å². The van der Waals surface area contributed by atoms with Gasteiger partial charge in [0.15, 0.2) is 12.3 Å². The number of rotatable bonds is 4. The molecule has 1 unspecified atom stereocenters. The van der Waals surface area contributed by atoms with Crippen molar-refractivity contribution < 1.29 is 27.4 Å². The van der Waals surface area contributed by atoms with E-state index in [1.165, 1.54) is 0 Å². The van der Waals surface area contributed by atoms with Gasteiger partial charge in [-0.3, -0.25) is 4.90 Å². The Labute approximate surface area is 176 Å². The van der Waals surface area contributed by atoms with Crippen LogP contribution in [0.25, 0.3) is 22.0 Å². The van der Waals surface area contributed by atoms with Gasteiger partial charge < -0.3 is 14.5 Å². The number of pyridine rings is 1. The van der Waals surface area contributed by atoms with Crippen molar-refractivity contribution in [1.82, 2.24) is 14.9 Å². The van der Waals surface area contributed by atoms with Gasteiger partial charge in [-0.2, -0.15) is 13.2 Å². The second kappa shape index (κ2) is 7.56. The van der Waals surface area contributed by atoms with Crippen LogP contribution in [0.1, 0.15) is 12.8 Å². The van der Waals surface area contributed by atoms with Crippen LogP contribution in [0.5, 0.6) is 5.88 Å². The van der Waals surface area contributed by atoms with Crippen molar-refractivity contribution in [3.8, 4) is 17.0 Å². The largest absolute Gasteiger partial charge is 0.490 e. The van der Waals surface area contributed by atoms with Crippen molar-refractivity contribution in [1.29, 1.82) is 0 Å². The summed E-state index contributed by atoms with van der Waals surface area (Å²) < 4.78 is 49.0. The minimum atomic E-state index is -5.04. The Balaban J connectivity index is 1.34. The maximum Gasteiger partial charge on any atom is 0.490 e. The molecule has 3 aromatic rings. The Morgan fingerprint density at radius 2 is 1.87 bits per heavy atom. The molecule has 3 aliphatic heterocycles.